The van der Waals surface area contributed by atoms with Crippen LogP contribution in [0.3, 0.4) is 0 Å². The number of unbranched alkanes of at least 4 members (excludes halogenated alkanes) is 1. The lowest BCUT2D eigenvalue weighted by atomic mass is 10.0. The van der Waals surface area contributed by atoms with Gasteiger partial charge in [0.25, 0.3) is 0 Å². The fourth-order valence-corrected chi connectivity index (χ4v) is 1.74. The van der Waals surface area contributed by atoms with Crippen molar-refractivity contribution < 1.29 is 0 Å². The highest BCUT2D eigenvalue weighted by Gasteiger charge is 2.08. The zero-order valence-corrected chi connectivity index (χ0v) is 9.58. The van der Waals surface area contributed by atoms with Gasteiger partial charge in [0.1, 0.15) is 0 Å². The molecule has 0 fully saturated rings. The van der Waals surface area contributed by atoms with Gasteiger partial charge >= 0.3 is 0 Å². The molecule has 0 bridgehead atoms. The van der Waals surface area contributed by atoms with Gasteiger partial charge in [0.2, 0.25) is 0 Å². The van der Waals surface area contributed by atoms with E-state index in [0.717, 1.165) is 6.54 Å². The largest absolute Gasteiger partial charge is 0.329 e. The first-order valence-electron chi connectivity index (χ1n) is 5.87. The Morgan fingerprint density at radius 1 is 1.27 bits per heavy atom. The maximum absolute atomic E-state index is 5.52. The third-order valence-corrected chi connectivity index (χ3v) is 2.58. The zero-order valence-electron chi connectivity index (χ0n) is 9.58. The first-order valence-corrected chi connectivity index (χ1v) is 5.87. The quantitative estimate of drug-likeness (QED) is 0.719. The molecule has 0 aliphatic rings. The van der Waals surface area contributed by atoms with Gasteiger partial charge in [-0.3, -0.25) is 0 Å². The van der Waals surface area contributed by atoms with Gasteiger partial charge < -0.3 is 11.1 Å². The average Bonchev–Trinajstić information content (AvgIpc) is 2.30. The lowest BCUT2D eigenvalue weighted by molar-refractivity contribution is 0.487. The van der Waals surface area contributed by atoms with Crippen molar-refractivity contribution in [2.45, 2.75) is 32.2 Å². The molecule has 84 valence electrons. The Morgan fingerprint density at radius 2 is 2.00 bits per heavy atom. The Bertz CT molecular complexity index is 238. The molecule has 0 spiro atoms. The molecule has 1 atom stereocenters. The lowest BCUT2D eigenvalue weighted by Crippen LogP contribution is -2.27. The predicted molar refractivity (Wildman–Crippen MR) is 65.8 cm³/mol. The van der Waals surface area contributed by atoms with Crippen LogP contribution in [0.4, 0.5) is 0 Å². The van der Waals surface area contributed by atoms with Crippen molar-refractivity contribution in [3.63, 3.8) is 0 Å². The van der Waals surface area contributed by atoms with E-state index in [9.17, 15) is 0 Å². The molecule has 0 aliphatic carbocycles. The molecule has 0 heterocycles. The van der Waals surface area contributed by atoms with Crippen LogP contribution in [0.5, 0.6) is 0 Å². The van der Waals surface area contributed by atoms with Gasteiger partial charge in [0.15, 0.2) is 0 Å². The fraction of sp³-hybridized carbons (Fsp3) is 0.538. The van der Waals surface area contributed by atoms with Crippen LogP contribution >= 0.6 is 0 Å². The summed E-state index contributed by atoms with van der Waals surface area (Å²) in [7, 11) is 0. The second kappa shape index (κ2) is 7.43. The van der Waals surface area contributed by atoms with Crippen molar-refractivity contribution in [3.05, 3.63) is 35.9 Å². The molecule has 1 rings (SSSR count). The van der Waals surface area contributed by atoms with E-state index >= 15 is 0 Å². The monoisotopic (exact) mass is 206 g/mol. The van der Waals surface area contributed by atoms with Crippen molar-refractivity contribution >= 4 is 0 Å². The van der Waals surface area contributed by atoms with Crippen LogP contribution in [0.2, 0.25) is 0 Å². The van der Waals surface area contributed by atoms with E-state index in [1.807, 2.05) is 0 Å². The van der Waals surface area contributed by atoms with E-state index in [2.05, 4.69) is 42.6 Å². The first-order chi connectivity index (χ1) is 7.38. The molecule has 2 heteroatoms. The van der Waals surface area contributed by atoms with E-state index in [1.54, 1.807) is 0 Å². The van der Waals surface area contributed by atoms with Gasteiger partial charge in [-0.1, -0.05) is 50.1 Å². The highest BCUT2D eigenvalue weighted by Crippen LogP contribution is 2.18. The number of nitrogens with one attached hydrogen (secondary N) is 1. The molecule has 0 amide bonds. The summed E-state index contributed by atoms with van der Waals surface area (Å²) in [6.45, 7) is 3.82. The molecule has 1 aromatic rings. The summed E-state index contributed by atoms with van der Waals surface area (Å²) in [6.07, 6.45) is 3.70. The SMILES string of the molecule is CCCCC(NCCN)c1ccccc1. The Kier molecular flexibility index (Phi) is 6.05. The van der Waals surface area contributed by atoms with E-state index in [1.165, 1.54) is 24.8 Å². The molecule has 0 saturated carbocycles. The summed E-state index contributed by atoms with van der Waals surface area (Å²) < 4.78 is 0. The van der Waals surface area contributed by atoms with Crippen LogP contribution in [-0.4, -0.2) is 13.1 Å². The van der Waals surface area contributed by atoms with Crippen LogP contribution < -0.4 is 11.1 Å². The van der Waals surface area contributed by atoms with Crippen LogP contribution in [0, 0.1) is 0 Å². The third-order valence-electron chi connectivity index (χ3n) is 2.58. The molecule has 1 unspecified atom stereocenters. The maximum Gasteiger partial charge on any atom is 0.0320 e. The van der Waals surface area contributed by atoms with Gasteiger partial charge in [0, 0.05) is 19.1 Å². The summed E-state index contributed by atoms with van der Waals surface area (Å²) in [5.41, 5.74) is 6.90. The highest BCUT2D eigenvalue weighted by molar-refractivity contribution is 5.18. The van der Waals surface area contributed by atoms with E-state index in [-0.39, 0.29) is 0 Å². The second-order valence-corrected chi connectivity index (χ2v) is 3.85. The van der Waals surface area contributed by atoms with Gasteiger partial charge in [-0.05, 0) is 12.0 Å². The van der Waals surface area contributed by atoms with E-state index < -0.39 is 0 Å². The number of rotatable bonds is 7. The Labute approximate surface area is 92.9 Å². The topological polar surface area (TPSA) is 38.0 Å². The predicted octanol–water partition coefficient (Wildman–Crippen LogP) is 2.47. The molecule has 0 saturated heterocycles. The van der Waals surface area contributed by atoms with Gasteiger partial charge in [-0.25, -0.2) is 0 Å². The molecule has 15 heavy (non-hydrogen) atoms. The molecule has 0 aliphatic heterocycles. The van der Waals surface area contributed by atoms with Gasteiger partial charge in [-0.2, -0.15) is 0 Å². The molecule has 3 N–H and O–H groups in total. The fourth-order valence-electron chi connectivity index (χ4n) is 1.74. The number of hydrogen-bond donors (Lipinski definition) is 2. The van der Waals surface area contributed by atoms with Crippen LogP contribution in [0.15, 0.2) is 30.3 Å². The minimum absolute atomic E-state index is 0.467. The number of nitrogens with two attached hydrogens (primary N) is 1. The van der Waals surface area contributed by atoms with Crippen LogP contribution in [-0.2, 0) is 0 Å². The molecular weight excluding hydrogens is 184 g/mol. The molecular formula is C13H22N2. The first kappa shape index (κ1) is 12.2. The van der Waals surface area contributed by atoms with E-state index in [4.69, 9.17) is 5.73 Å². The van der Waals surface area contributed by atoms with Crippen molar-refractivity contribution in [2.24, 2.45) is 5.73 Å². The number of benzene rings is 1. The maximum atomic E-state index is 5.52. The summed E-state index contributed by atoms with van der Waals surface area (Å²) in [4.78, 5) is 0. The summed E-state index contributed by atoms with van der Waals surface area (Å²) >= 11 is 0. The summed E-state index contributed by atoms with van der Waals surface area (Å²) in [5.74, 6) is 0. The highest BCUT2D eigenvalue weighted by atomic mass is 14.9. The number of hydrogen-bond acceptors (Lipinski definition) is 2. The second-order valence-electron chi connectivity index (χ2n) is 3.85. The average molecular weight is 206 g/mol. The minimum Gasteiger partial charge on any atom is -0.329 e. The molecule has 2 nitrogen and oxygen atoms in total. The van der Waals surface area contributed by atoms with Gasteiger partial charge in [0.05, 0.1) is 0 Å². The Hall–Kier alpha value is -0.860. The molecule has 0 radical (unpaired) electrons. The third kappa shape index (κ3) is 4.45. The van der Waals surface area contributed by atoms with Crippen LogP contribution in [0.1, 0.15) is 37.8 Å². The lowest BCUT2D eigenvalue weighted by Gasteiger charge is -2.18. The minimum atomic E-state index is 0.467. The zero-order chi connectivity index (χ0) is 10.9. The van der Waals surface area contributed by atoms with Crippen molar-refractivity contribution in [1.29, 1.82) is 0 Å². The van der Waals surface area contributed by atoms with Gasteiger partial charge in [-0.15, -0.1) is 0 Å². The summed E-state index contributed by atoms with van der Waals surface area (Å²) in [6, 6.07) is 11.1. The van der Waals surface area contributed by atoms with Crippen molar-refractivity contribution in [2.75, 3.05) is 13.1 Å². The molecule has 1 aromatic carbocycles. The standard InChI is InChI=1S/C13H22N2/c1-2-3-9-13(15-11-10-14)12-7-5-4-6-8-12/h4-8,13,15H,2-3,9-11,14H2,1H3. The molecule has 0 aromatic heterocycles. The van der Waals surface area contributed by atoms with Crippen molar-refractivity contribution in [3.8, 4) is 0 Å². The van der Waals surface area contributed by atoms with Crippen LogP contribution in [0.25, 0.3) is 0 Å². The smallest absolute Gasteiger partial charge is 0.0320 e. The Morgan fingerprint density at radius 3 is 2.60 bits per heavy atom. The normalized spacial score (nSPS) is 12.7. The van der Waals surface area contributed by atoms with E-state index in [0.29, 0.717) is 12.6 Å². The summed E-state index contributed by atoms with van der Waals surface area (Å²) in [5, 5.41) is 3.50. The Balaban J connectivity index is 2.55. The van der Waals surface area contributed by atoms with Crippen molar-refractivity contribution in [1.82, 2.24) is 5.32 Å².